The molecular weight excluding hydrogens is 341 g/mol. The van der Waals surface area contributed by atoms with Crippen LogP contribution in [0.3, 0.4) is 0 Å². The molecule has 0 saturated carbocycles. The summed E-state index contributed by atoms with van der Waals surface area (Å²) in [5.74, 6) is 1.31. The molecule has 0 radical (unpaired) electrons. The predicted molar refractivity (Wildman–Crippen MR) is 104 cm³/mol. The van der Waals surface area contributed by atoms with Crippen molar-refractivity contribution in [1.29, 1.82) is 0 Å². The molecule has 2 saturated heterocycles. The van der Waals surface area contributed by atoms with Gasteiger partial charge in [0.05, 0.1) is 0 Å². The summed E-state index contributed by atoms with van der Waals surface area (Å²) in [5.41, 5.74) is 2.26. The minimum absolute atomic E-state index is 0.161. The number of piperazine rings is 1. The van der Waals surface area contributed by atoms with Crippen LogP contribution >= 0.6 is 0 Å². The second-order valence-corrected chi connectivity index (χ2v) is 7.79. The van der Waals surface area contributed by atoms with Gasteiger partial charge in [-0.2, -0.15) is 0 Å². The van der Waals surface area contributed by atoms with Gasteiger partial charge in [-0.05, 0) is 55.0 Å². The number of benzene rings is 1. The Balaban J connectivity index is 1.25. The number of nitrogens with zero attached hydrogens (tertiary/aromatic N) is 4. The summed E-state index contributed by atoms with van der Waals surface area (Å²) in [5, 5.41) is 1.03. The Morgan fingerprint density at radius 1 is 1.11 bits per heavy atom. The molecule has 0 aliphatic carbocycles. The SMILES string of the molecule is Fc1ccc2[nH]cc(C[C@@H]3CC[C@H]4CN(c5ncccn5)CCN4C3)c2c1. The van der Waals surface area contributed by atoms with E-state index in [1.807, 2.05) is 24.5 Å². The zero-order valence-corrected chi connectivity index (χ0v) is 15.3. The molecule has 2 aliphatic heterocycles. The summed E-state index contributed by atoms with van der Waals surface area (Å²) >= 11 is 0. The molecule has 27 heavy (non-hydrogen) atoms. The van der Waals surface area contributed by atoms with Gasteiger partial charge in [-0.25, -0.2) is 14.4 Å². The van der Waals surface area contributed by atoms with Gasteiger partial charge in [0.1, 0.15) is 5.82 Å². The highest BCUT2D eigenvalue weighted by molar-refractivity contribution is 5.83. The Bertz CT molecular complexity index is 925. The molecule has 2 aliphatic rings. The molecule has 0 amide bonds. The van der Waals surface area contributed by atoms with Crippen LogP contribution in [0.25, 0.3) is 10.9 Å². The monoisotopic (exact) mass is 365 g/mol. The van der Waals surface area contributed by atoms with Crippen LogP contribution in [0.15, 0.2) is 42.9 Å². The number of hydrogen-bond donors (Lipinski definition) is 1. The normalized spacial score (nSPS) is 23.5. The topological polar surface area (TPSA) is 48.1 Å². The maximum atomic E-state index is 13.6. The molecule has 140 valence electrons. The fourth-order valence-electron chi connectivity index (χ4n) is 4.69. The Morgan fingerprint density at radius 3 is 2.89 bits per heavy atom. The van der Waals surface area contributed by atoms with Crippen LogP contribution in [0.5, 0.6) is 0 Å². The van der Waals surface area contributed by atoms with E-state index in [0.29, 0.717) is 12.0 Å². The van der Waals surface area contributed by atoms with E-state index in [0.717, 1.165) is 49.5 Å². The van der Waals surface area contributed by atoms with Gasteiger partial charge in [0.15, 0.2) is 0 Å². The first-order chi connectivity index (χ1) is 13.3. The lowest BCUT2D eigenvalue weighted by Gasteiger charge is -2.46. The Hall–Kier alpha value is -2.47. The largest absolute Gasteiger partial charge is 0.361 e. The highest BCUT2D eigenvalue weighted by Crippen LogP contribution is 2.30. The maximum Gasteiger partial charge on any atom is 0.225 e. The fourth-order valence-corrected chi connectivity index (χ4v) is 4.69. The first-order valence-corrected chi connectivity index (χ1v) is 9.78. The average molecular weight is 365 g/mol. The van der Waals surface area contributed by atoms with Crippen LogP contribution in [-0.4, -0.2) is 52.1 Å². The summed E-state index contributed by atoms with van der Waals surface area (Å²) < 4.78 is 13.6. The van der Waals surface area contributed by atoms with Gasteiger partial charge in [-0.3, -0.25) is 4.90 Å². The zero-order chi connectivity index (χ0) is 18.2. The Morgan fingerprint density at radius 2 is 2.00 bits per heavy atom. The smallest absolute Gasteiger partial charge is 0.225 e. The third-order valence-electron chi connectivity index (χ3n) is 6.08. The number of hydrogen-bond acceptors (Lipinski definition) is 4. The van der Waals surface area contributed by atoms with Crippen molar-refractivity contribution in [3.8, 4) is 0 Å². The molecule has 6 heteroatoms. The highest BCUT2D eigenvalue weighted by Gasteiger charge is 2.33. The molecule has 3 aromatic rings. The second kappa shape index (κ2) is 6.93. The van der Waals surface area contributed by atoms with Crippen molar-refractivity contribution >= 4 is 16.9 Å². The minimum Gasteiger partial charge on any atom is -0.361 e. The second-order valence-electron chi connectivity index (χ2n) is 7.79. The van der Waals surface area contributed by atoms with Crippen LogP contribution in [0.2, 0.25) is 0 Å². The van der Waals surface area contributed by atoms with E-state index in [2.05, 4.69) is 30.9 Å². The van der Waals surface area contributed by atoms with Gasteiger partial charge < -0.3 is 9.88 Å². The van der Waals surface area contributed by atoms with E-state index >= 15 is 0 Å². The van der Waals surface area contributed by atoms with E-state index in [-0.39, 0.29) is 5.82 Å². The van der Waals surface area contributed by atoms with Crippen LogP contribution in [0.4, 0.5) is 10.3 Å². The molecule has 2 atom stereocenters. The number of fused-ring (bicyclic) bond motifs is 2. The number of halogens is 1. The molecule has 5 nitrogen and oxygen atoms in total. The molecule has 1 aromatic carbocycles. The summed E-state index contributed by atoms with van der Waals surface area (Å²) in [6.07, 6.45) is 9.11. The first-order valence-electron chi connectivity index (χ1n) is 9.78. The molecular formula is C21H24FN5. The van der Waals surface area contributed by atoms with Gasteiger partial charge in [0.2, 0.25) is 5.95 Å². The van der Waals surface area contributed by atoms with Crippen LogP contribution in [0, 0.1) is 11.7 Å². The quantitative estimate of drug-likeness (QED) is 0.774. The van der Waals surface area contributed by atoms with E-state index in [1.54, 1.807) is 6.07 Å². The average Bonchev–Trinajstić information content (AvgIpc) is 3.10. The van der Waals surface area contributed by atoms with Gasteiger partial charge in [0, 0.05) is 61.7 Å². The fraction of sp³-hybridized carbons (Fsp3) is 0.429. The lowest BCUT2D eigenvalue weighted by atomic mass is 9.87. The van der Waals surface area contributed by atoms with Crippen molar-refractivity contribution in [3.63, 3.8) is 0 Å². The Labute approximate surface area is 158 Å². The van der Waals surface area contributed by atoms with E-state index in [1.165, 1.54) is 24.5 Å². The number of nitrogens with one attached hydrogen (secondary N) is 1. The molecule has 0 unspecified atom stereocenters. The van der Waals surface area contributed by atoms with Gasteiger partial charge in [0.25, 0.3) is 0 Å². The number of H-pyrrole nitrogens is 1. The predicted octanol–water partition coefficient (Wildman–Crippen LogP) is 3.24. The summed E-state index contributed by atoms with van der Waals surface area (Å²) in [4.78, 5) is 17.0. The van der Waals surface area contributed by atoms with Gasteiger partial charge >= 0.3 is 0 Å². The van der Waals surface area contributed by atoms with Crippen LogP contribution in [0.1, 0.15) is 18.4 Å². The van der Waals surface area contributed by atoms with Crippen molar-refractivity contribution in [1.82, 2.24) is 19.9 Å². The summed E-state index contributed by atoms with van der Waals surface area (Å²) in [6.45, 7) is 4.17. The van der Waals surface area contributed by atoms with E-state index in [4.69, 9.17) is 0 Å². The van der Waals surface area contributed by atoms with E-state index < -0.39 is 0 Å². The van der Waals surface area contributed by atoms with Crippen molar-refractivity contribution in [2.45, 2.75) is 25.3 Å². The van der Waals surface area contributed by atoms with Crippen molar-refractivity contribution in [2.75, 3.05) is 31.1 Å². The first kappa shape index (κ1) is 16.7. The number of aromatic nitrogens is 3. The van der Waals surface area contributed by atoms with Gasteiger partial charge in [-0.15, -0.1) is 0 Å². The van der Waals surface area contributed by atoms with Gasteiger partial charge in [-0.1, -0.05) is 0 Å². The standard InChI is InChI=1S/C21H24FN5/c22-17-3-5-20-19(11-17)16(12-25-20)10-15-2-4-18-14-27(9-8-26(18)13-15)21-23-6-1-7-24-21/h1,3,5-7,11-12,15,18,25H,2,4,8-10,13-14H2/t15-,18-/m0/s1. The van der Waals surface area contributed by atoms with Crippen molar-refractivity contribution in [3.05, 3.63) is 54.2 Å². The molecule has 5 rings (SSSR count). The van der Waals surface area contributed by atoms with Crippen LogP contribution in [-0.2, 0) is 6.42 Å². The number of aromatic amines is 1. The zero-order valence-electron chi connectivity index (χ0n) is 15.3. The third-order valence-corrected chi connectivity index (χ3v) is 6.08. The molecule has 0 bridgehead atoms. The number of piperidine rings is 1. The number of anilines is 1. The van der Waals surface area contributed by atoms with E-state index in [9.17, 15) is 4.39 Å². The lowest BCUT2D eigenvalue weighted by molar-refractivity contribution is 0.0952. The lowest BCUT2D eigenvalue weighted by Crippen LogP contribution is -2.57. The Kier molecular flexibility index (Phi) is 4.28. The number of rotatable bonds is 3. The highest BCUT2D eigenvalue weighted by atomic mass is 19.1. The molecule has 1 N–H and O–H groups in total. The minimum atomic E-state index is -0.161. The summed E-state index contributed by atoms with van der Waals surface area (Å²) in [7, 11) is 0. The molecule has 2 fully saturated rings. The molecule has 2 aromatic heterocycles. The summed E-state index contributed by atoms with van der Waals surface area (Å²) in [6, 6.07) is 7.45. The maximum absolute atomic E-state index is 13.6. The molecule has 0 spiro atoms. The van der Waals surface area contributed by atoms with Crippen LogP contribution < -0.4 is 4.90 Å². The third kappa shape index (κ3) is 3.30. The van der Waals surface area contributed by atoms with Crippen molar-refractivity contribution < 1.29 is 4.39 Å². The van der Waals surface area contributed by atoms with Crippen molar-refractivity contribution in [2.24, 2.45) is 5.92 Å². The molecule has 4 heterocycles.